The number of benzene rings is 1. The van der Waals surface area contributed by atoms with Gasteiger partial charge in [0.25, 0.3) is 0 Å². The number of carboxylic acids is 1. The molecule has 1 aromatic carbocycles. The van der Waals surface area contributed by atoms with Gasteiger partial charge in [0.15, 0.2) is 0 Å². The van der Waals surface area contributed by atoms with E-state index in [1.807, 2.05) is 0 Å². The lowest BCUT2D eigenvalue weighted by Gasteiger charge is -2.23. The maximum atomic E-state index is 12.4. The molecule has 1 atom stereocenters. The van der Waals surface area contributed by atoms with Crippen molar-refractivity contribution in [3.63, 3.8) is 0 Å². The van der Waals surface area contributed by atoms with Crippen molar-refractivity contribution in [2.75, 3.05) is 11.4 Å². The quantitative estimate of drug-likeness (QED) is 0.887. The Hall–Kier alpha value is -1.72. The van der Waals surface area contributed by atoms with Gasteiger partial charge in [-0.3, -0.25) is 0 Å². The van der Waals surface area contributed by atoms with Crippen LogP contribution in [0.5, 0.6) is 0 Å². The molecule has 3 nitrogen and oxygen atoms in total. The molecule has 0 unspecified atom stereocenters. The third kappa shape index (κ3) is 2.42. The molecule has 1 heterocycles. The highest BCUT2D eigenvalue weighted by molar-refractivity contribution is 5.79. The van der Waals surface area contributed by atoms with Crippen LogP contribution < -0.4 is 4.90 Å². The van der Waals surface area contributed by atoms with E-state index < -0.39 is 23.8 Å². The van der Waals surface area contributed by atoms with Crippen LogP contribution in [0.2, 0.25) is 0 Å². The maximum Gasteiger partial charge on any atom is 0.416 e. The number of carbonyl (C=O) groups is 1. The Labute approximate surface area is 102 Å². The zero-order chi connectivity index (χ0) is 13.3. The molecule has 1 aromatic rings. The van der Waals surface area contributed by atoms with Crippen molar-refractivity contribution in [3.05, 3.63) is 29.8 Å². The smallest absolute Gasteiger partial charge is 0.416 e. The molecule has 6 heteroatoms. The van der Waals surface area contributed by atoms with Crippen LogP contribution in [-0.4, -0.2) is 23.7 Å². The third-order valence-corrected chi connectivity index (χ3v) is 3.06. The first-order chi connectivity index (χ1) is 8.39. The second-order valence-electron chi connectivity index (χ2n) is 4.23. The fraction of sp³-hybridized carbons (Fsp3) is 0.417. The second kappa shape index (κ2) is 4.51. The molecule has 0 radical (unpaired) electrons. The SMILES string of the molecule is O=C(O)[C@H]1CCCN1c1ccc(C(F)(F)F)cc1. The summed E-state index contributed by atoms with van der Waals surface area (Å²) in [7, 11) is 0. The minimum Gasteiger partial charge on any atom is -0.480 e. The van der Waals surface area contributed by atoms with Crippen molar-refractivity contribution in [1.29, 1.82) is 0 Å². The molecule has 18 heavy (non-hydrogen) atoms. The molecule has 1 saturated heterocycles. The van der Waals surface area contributed by atoms with Gasteiger partial charge >= 0.3 is 12.1 Å². The van der Waals surface area contributed by atoms with Crippen LogP contribution in [0.1, 0.15) is 18.4 Å². The second-order valence-corrected chi connectivity index (χ2v) is 4.23. The van der Waals surface area contributed by atoms with Gasteiger partial charge in [0.05, 0.1) is 5.56 Å². The predicted molar refractivity (Wildman–Crippen MR) is 59.4 cm³/mol. The van der Waals surface area contributed by atoms with Crippen LogP contribution in [0, 0.1) is 0 Å². The lowest BCUT2D eigenvalue weighted by molar-refractivity contribution is -0.139. The minimum absolute atomic E-state index is 0.521. The van der Waals surface area contributed by atoms with Gasteiger partial charge < -0.3 is 10.0 Å². The Morgan fingerprint density at radius 3 is 2.39 bits per heavy atom. The molecule has 0 spiro atoms. The van der Waals surface area contributed by atoms with Crippen molar-refractivity contribution >= 4 is 11.7 Å². The largest absolute Gasteiger partial charge is 0.480 e. The first-order valence-corrected chi connectivity index (χ1v) is 5.56. The van der Waals surface area contributed by atoms with E-state index in [0.717, 1.165) is 18.6 Å². The molecule has 1 aliphatic heterocycles. The van der Waals surface area contributed by atoms with Gasteiger partial charge in [0.1, 0.15) is 6.04 Å². The zero-order valence-electron chi connectivity index (χ0n) is 9.44. The minimum atomic E-state index is -4.37. The predicted octanol–water partition coefficient (Wildman–Crippen LogP) is 2.76. The number of alkyl halides is 3. The summed E-state index contributed by atoms with van der Waals surface area (Å²) in [5, 5.41) is 9.01. The summed E-state index contributed by atoms with van der Waals surface area (Å²) >= 11 is 0. The van der Waals surface area contributed by atoms with Crippen LogP contribution in [0.15, 0.2) is 24.3 Å². The van der Waals surface area contributed by atoms with E-state index in [2.05, 4.69) is 0 Å². The summed E-state index contributed by atoms with van der Waals surface area (Å²) in [6.07, 6.45) is -3.11. The molecular weight excluding hydrogens is 247 g/mol. The summed E-state index contributed by atoms with van der Waals surface area (Å²) in [6.45, 7) is 0.558. The molecule has 2 rings (SSSR count). The molecule has 0 aliphatic carbocycles. The van der Waals surface area contributed by atoms with Gasteiger partial charge in [-0.25, -0.2) is 4.79 Å². The zero-order valence-corrected chi connectivity index (χ0v) is 9.44. The fourth-order valence-electron chi connectivity index (χ4n) is 2.17. The van der Waals surface area contributed by atoms with Gasteiger partial charge in [-0.15, -0.1) is 0 Å². The Morgan fingerprint density at radius 1 is 1.28 bits per heavy atom. The van der Waals surface area contributed by atoms with Crippen LogP contribution in [0.3, 0.4) is 0 Å². The summed E-state index contributed by atoms with van der Waals surface area (Å²) in [5.41, 5.74) is -0.203. The highest BCUT2D eigenvalue weighted by Crippen LogP contribution is 2.32. The van der Waals surface area contributed by atoms with E-state index in [-0.39, 0.29) is 0 Å². The van der Waals surface area contributed by atoms with Crippen LogP contribution in [-0.2, 0) is 11.0 Å². The summed E-state index contributed by atoms with van der Waals surface area (Å²) in [5.74, 6) is -0.938. The van der Waals surface area contributed by atoms with E-state index in [4.69, 9.17) is 5.11 Å². The van der Waals surface area contributed by atoms with Crippen LogP contribution >= 0.6 is 0 Å². The van der Waals surface area contributed by atoms with E-state index in [1.165, 1.54) is 12.1 Å². The molecule has 1 fully saturated rings. The summed E-state index contributed by atoms with van der Waals surface area (Å²) in [6, 6.07) is 3.97. The lowest BCUT2D eigenvalue weighted by Crippen LogP contribution is -2.35. The molecule has 0 saturated carbocycles. The monoisotopic (exact) mass is 259 g/mol. The number of aliphatic carboxylic acids is 1. The lowest BCUT2D eigenvalue weighted by atomic mass is 10.1. The van der Waals surface area contributed by atoms with Crippen LogP contribution in [0.4, 0.5) is 18.9 Å². The third-order valence-electron chi connectivity index (χ3n) is 3.06. The number of hydrogen-bond acceptors (Lipinski definition) is 2. The normalized spacial score (nSPS) is 20.2. The fourth-order valence-corrected chi connectivity index (χ4v) is 2.17. The van der Waals surface area contributed by atoms with Gasteiger partial charge in [-0.05, 0) is 37.1 Å². The van der Waals surface area contributed by atoms with Gasteiger partial charge in [0, 0.05) is 12.2 Å². The van der Waals surface area contributed by atoms with Crippen molar-refractivity contribution in [1.82, 2.24) is 0 Å². The van der Waals surface area contributed by atoms with Crippen molar-refractivity contribution in [3.8, 4) is 0 Å². The van der Waals surface area contributed by atoms with E-state index in [1.54, 1.807) is 4.90 Å². The first kappa shape index (κ1) is 12.7. The Kier molecular flexibility index (Phi) is 3.19. The number of nitrogens with zero attached hydrogens (tertiary/aromatic N) is 1. The molecule has 1 N–H and O–H groups in total. The average molecular weight is 259 g/mol. The van der Waals surface area contributed by atoms with E-state index in [0.29, 0.717) is 18.7 Å². The van der Waals surface area contributed by atoms with Crippen molar-refractivity contribution in [2.24, 2.45) is 0 Å². The summed E-state index contributed by atoms with van der Waals surface area (Å²) < 4.78 is 37.2. The summed E-state index contributed by atoms with van der Waals surface area (Å²) in [4.78, 5) is 12.6. The first-order valence-electron chi connectivity index (χ1n) is 5.56. The number of rotatable bonds is 2. The average Bonchev–Trinajstić information content (AvgIpc) is 2.77. The standard InChI is InChI=1S/C12H12F3NO2/c13-12(14,15)8-3-5-9(6-4-8)16-7-1-2-10(16)11(17)18/h3-6,10H,1-2,7H2,(H,17,18)/t10-/m1/s1. The number of halogens is 3. The molecule has 1 aliphatic rings. The van der Waals surface area contributed by atoms with Gasteiger partial charge in [0.2, 0.25) is 0 Å². The van der Waals surface area contributed by atoms with Gasteiger partial charge in [-0.1, -0.05) is 0 Å². The molecular formula is C12H12F3NO2. The Bertz CT molecular complexity index is 442. The topological polar surface area (TPSA) is 40.5 Å². The van der Waals surface area contributed by atoms with E-state index in [9.17, 15) is 18.0 Å². The van der Waals surface area contributed by atoms with Gasteiger partial charge in [-0.2, -0.15) is 13.2 Å². The van der Waals surface area contributed by atoms with Crippen LogP contribution in [0.25, 0.3) is 0 Å². The Balaban J connectivity index is 2.22. The molecule has 0 bridgehead atoms. The molecule has 0 amide bonds. The highest BCUT2D eigenvalue weighted by atomic mass is 19.4. The van der Waals surface area contributed by atoms with Crippen molar-refractivity contribution in [2.45, 2.75) is 25.1 Å². The molecule has 98 valence electrons. The number of hydrogen-bond donors (Lipinski definition) is 1. The highest BCUT2D eigenvalue weighted by Gasteiger charge is 2.33. The Morgan fingerprint density at radius 2 is 1.89 bits per heavy atom. The number of carboxylic acid groups (broad SMARTS) is 1. The number of anilines is 1. The maximum absolute atomic E-state index is 12.4. The van der Waals surface area contributed by atoms with Crippen molar-refractivity contribution < 1.29 is 23.1 Å². The molecule has 0 aromatic heterocycles. The van der Waals surface area contributed by atoms with E-state index >= 15 is 0 Å².